The fourth-order valence-electron chi connectivity index (χ4n) is 5.21. The lowest BCUT2D eigenvalue weighted by Crippen LogP contribution is -2.47. The molecule has 4 rings (SSSR count). The van der Waals surface area contributed by atoms with Gasteiger partial charge in [0.05, 0.1) is 24.6 Å². The van der Waals surface area contributed by atoms with Crippen molar-refractivity contribution in [1.29, 1.82) is 0 Å². The number of carbonyl (C=O) groups is 4. The van der Waals surface area contributed by atoms with Gasteiger partial charge in [-0.25, -0.2) is 9.59 Å². The summed E-state index contributed by atoms with van der Waals surface area (Å²) in [5.41, 5.74) is 1.94. The van der Waals surface area contributed by atoms with Gasteiger partial charge in [0.25, 0.3) is 0 Å². The molecule has 0 bridgehead atoms. The third-order valence-corrected chi connectivity index (χ3v) is 8.83. The number of hydrogen-bond acceptors (Lipinski definition) is 8. The van der Waals surface area contributed by atoms with Crippen molar-refractivity contribution >= 4 is 35.6 Å². The van der Waals surface area contributed by atoms with E-state index in [1.807, 2.05) is 60.7 Å². The van der Waals surface area contributed by atoms with Crippen molar-refractivity contribution in [3.05, 3.63) is 83.9 Å². The summed E-state index contributed by atoms with van der Waals surface area (Å²) in [5.74, 6) is -0.540. The van der Waals surface area contributed by atoms with Crippen molar-refractivity contribution < 1.29 is 33.8 Å². The zero-order valence-electron chi connectivity index (χ0n) is 24.8. The average molecular weight is 624 g/mol. The van der Waals surface area contributed by atoms with E-state index in [1.165, 1.54) is 0 Å². The van der Waals surface area contributed by atoms with Gasteiger partial charge in [0.1, 0.15) is 19.3 Å². The van der Waals surface area contributed by atoms with Gasteiger partial charge < -0.3 is 30.1 Å². The third-order valence-electron chi connectivity index (χ3n) is 7.65. The average Bonchev–Trinajstić information content (AvgIpc) is 3.53. The van der Waals surface area contributed by atoms with Gasteiger partial charge in [-0.05, 0) is 36.8 Å². The first-order valence-corrected chi connectivity index (χ1v) is 16.2. The summed E-state index contributed by atoms with van der Waals surface area (Å²) in [6, 6.07) is 17.4. The van der Waals surface area contributed by atoms with Crippen LogP contribution in [-0.4, -0.2) is 77.5 Å². The van der Waals surface area contributed by atoms with Crippen LogP contribution in [0.15, 0.2) is 72.8 Å². The van der Waals surface area contributed by atoms with Gasteiger partial charge >= 0.3 is 12.1 Å². The summed E-state index contributed by atoms with van der Waals surface area (Å²) in [7, 11) is 0. The second-order valence-electron chi connectivity index (χ2n) is 11.0. The van der Waals surface area contributed by atoms with Crippen molar-refractivity contribution in [2.75, 3.05) is 25.5 Å². The molecule has 11 heteroatoms. The van der Waals surface area contributed by atoms with Crippen LogP contribution in [0.25, 0.3) is 0 Å². The minimum absolute atomic E-state index is 0.00380. The van der Waals surface area contributed by atoms with E-state index in [0.29, 0.717) is 18.1 Å². The van der Waals surface area contributed by atoms with E-state index in [9.17, 15) is 24.3 Å². The van der Waals surface area contributed by atoms with Gasteiger partial charge in [0.2, 0.25) is 11.8 Å². The van der Waals surface area contributed by atoms with Crippen LogP contribution in [0.2, 0.25) is 0 Å². The predicted molar refractivity (Wildman–Crippen MR) is 167 cm³/mol. The molecule has 0 saturated carbocycles. The van der Waals surface area contributed by atoms with Gasteiger partial charge in [0, 0.05) is 24.5 Å². The summed E-state index contributed by atoms with van der Waals surface area (Å²) in [4.78, 5) is 53.9. The van der Waals surface area contributed by atoms with Crippen LogP contribution in [-0.2, 0) is 36.2 Å². The smallest absolute Gasteiger partial charge is 0.408 e. The molecular weight excluding hydrogens is 582 g/mol. The number of allylic oxidation sites excluding steroid dienone is 1. The maximum Gasteiger partial charge on any atom is 0.408 e. The van der Waals surface area contributed by atoms with Crippen molar-refractivity contribution in [1.82, 2.24) is 15.5 Å². The Kier molecular flexibility index (Phi) is 13.1. The first-order valence-electron chi connectivity index (χ1n) is 15.0. The maximum atomic E-state index is 13.5. The lowest BCUT2D eigenvalue weighted by molar-refractivity contribution is -0.147. The SMILES string of the molecule is O=C(N[C@@H]1CC=CC[C@H](CC(=O)N2CCC[C@H]2CO)C(=O)N[C@@H](CSCc2ccccc2)COC1=O)OCc1ccccc1. The van der Waals surface area contributed by atoms with E-state index in [0.717, 1.165) is 24.0 Å². The third kappa shape index (κ3) is 10.4. The van der Waals surface area contributed by atoms with Crippen LogP contribution in [0.1, 0.15) is 43.2 Å². The standard InChI is InChI=1S/C33H41N3O7S/c37-19-28-15-9-17-36(28)30(38)18-26-14-7-8-16-29(35-33(41)43-20-24-10-3-1-4-11-24)32(40)42-21-27(34-31(26)39)23-44-22-25-12-5-2-6-13-25/h1-8,10-13,26-29,37H,9,14-23H2,(H,34,39)(H,35,41)/t26-,27-,28+,29-/m1/s1. The molecule has 3 N–H and O–H groups in total. The first kappa shape index (κ1) is 33.1. The molecule has 0 spiro atoms. The van der Waals surface area contributed by atoms with Crippen molar-refractivity contribution in [2.45, 2.75) is 62.6 Å². The number of thioether (sulfide) groups is 1. The molecule has 0 aromatic heterocycles. The lowest BCUT2D eigenvalue weighted by Gasteiger charge is -2.27. The molecule has 2 aromatic carbocycles. The lowest BCUT2D eigenvalue weighted by atomic mass is 9.97. The Morgan fingerprint density at radius 2 is 1.73 bits per heavy atom. The molecule has 4 atom stereocenters. The fraction of sp³-hybridized carbons (Fsp3) is 0.455. The zero-order valence-corrected chi connectivity index (χ0v) is 25.6. The number of esters is 1. The molecule has 2 aliphatic rings. The number of nitrogens with one attached hydrogen (secondary N) is 2. The van der Waals surface area contributed by atoms with Crippen LogP contribution in [0.5, 0.6) is 0 Å². The van der Waals surface area contributed by atoms with Crippen LogP contribution in [0.3, 0.4) is 0 Å². The number of aliphatic hydroxyl groups excluding tert-OH is 1. The Morgan fingerprint density at radius 1 is 1.02 bits per heavy atom. The van der Waals surface area contributed by atoms with E-state index in [4.69, 9.17) is 9.47 Å². The molecule has 0 aliphatic carbocycles. The number of amides is 3. The number of cyclic esters (lactones) is 1. The minimum Gasteiger partial charge on any atom is -0.462 e. The number of aliphatic hydroxyl groups is 1. The molecule has 10 nitrogen and oxygen atoms in total. The van der Waals surface area contributed by atoms with Gasteiger partial charge in [-0.1, -0.05) is 72.8 Å². The fourth-order valence-corrected chi connectivity index (χ4v) is 6.22. The second kappa shape index (κ2) is 17.5. The highest BCUT2D eigenvalue weighted by atomic mass is 32.2. The Bertz CT molecular complexity index is 1260. The minimum atomic E-state index is -0.989. The van der Waals surface area contributed by atoms with Crippen LogP contribution >= 0.6 is 11.8 Å². The number of hydrogen-bond donors (Lipinski definition) is 3. The molecule has 44 heavy (non-hydrogen) atoms. The number of carbonyl (C=O) groups excluding carboxylic acids is 4. The number of ether oxygens (including phenoxy) is 2. The van der Waals surface area contributed by atoms with E-state index >= 15 is 0 Å². The van der Waals surface area contributed by atoms with Gasteiger partial charge in [-0.2, -0.15) is 11.8 Å². The summed E-state index contributed by atoms with van der Waals surface area (Å²) >= 11 is 1.60. The van der Waals surface area contributed by atoms with Gasteiger partial charge in [0.15, 0.2) is 0 Å². The van der Waals surface area contributed by atoms with Gasteiger partial charge in [-0.15, -0.1) is 0 Å². The van der Waals surface area contributed by atoms with Crippen LogP contribution in [0, 0.1) is 5.92 Å². The number of likely N-dealkylation sites (tertiary alicyclic amines) is 1. The zero-order chi connectivity index (χ0) is 31.1. The molecule has 236 valence electrons. The summed E-state index contributed by atoms with van der Waals surface area (Å²) in [6.07, 6.45) is 4.69. The molecule has 0 unspecified atom stereocenters. The molecule has 3 amide bonds. The Morgan fingerprint density at radius 3 is 2.45 bits per heavy atom. The second-order valence-corrected chi connectivity index (χ2v) is 12.0. The Hall–Kier alpha value is -3.83. The molecule has 2 heterocycles. The van der Waals surface area contributed by atoms with E-state index in [1.54, 1.807) is 28.8 Å². The normalized spacial score (nSPS) is 22.7. The van der Waals surface area contributed by atoms with E-state index < -0.39 is 30.1 Å². The monoisotopic (exact) mass is 623 g/mol. The number of rotatable bonds is 10. The quantitative estimate of drug-likeness (QED) is 0.270. The Balaban J connectivity index is 1.43. The number of nitrogens with zero attached hydrogens (tertiary/aromatic N) is 1. The molecule has 1 fully saturated rings. The molecule has 2 aliphatic heterocycles. The highest BCUT2D eigenvalue weighted by Crippen LogP contribution is 2.22. The van der Waals surface area contributed by atoms with Crippen LogP contribution in [0.4, 0.5) is 4.79 Å². The first-order chi connectivity index (χ1) is 21.4. The van der Waals surface area contributed by atoms with Crippen molar-refractivity contribution in [3.8, 4) is 0 Å². The largest absolute Gasteiger partial charge is 0.462 e. The number of alkyl carbamates (subject to hydrolysis) is 1. The molecular formula is C33H41N3O7S. The van der Waals surface area contributed by atoms with Gasteiger partial charge in [-0.3, -0.25) is 9.59 Å². The highest BCUT2D eigenvalue weighted by Gasteiger charge is 2.32. The summed E-state index contributed by atoms with van der Waals surface area (Å²) < 4.78 is 10.9. The molecule has 2 aromatic rings. The van der Waals surface area contributed by atoms with E-state index in [-0.39, 0.29) is 56.9 Å². The van der Waals surface area contributed by atoms with E-state index in [2.05, 4.69) is 10.6 Å². The van der Waals surface area contributed by atoms with Crippen molar-refractivity contribution in [3.63, 3.8) is 0 Å². The summed E-state index contributed by atoms with van der Waals surface area (Å²) in [6.45, 7) is 0.432. The van der Waals surface area contributed by atoms with Crippen molar-refractivity contribution in [2.24, 2.45) is 5.92 Å². The number of benzene rings is 2. The molecule has 0 radical (unpaired) electrons. The predicted octanol–water partition coefficient (Wildman–Crippen LogP) is 3.58. The Labute approximate surface area is 262 Å². The maximum absolute atomic E-state index is 13.5. The highest BCUT2D eigenvalue weighted by molar-refractivity contribution is 7.98. The topological polar surface area (TPSA) is 134 Å². The van der Waals surface area contributed by atoms with Crippen LogP contribution < -0.4 is 10.6 Å². The molecule has 1 saturated heterocycles. The summed E-state index contributed by atoms with van der Waals surface area (Å²) in [5, 5.41) is 15.3.